The van der Waals surface area contributed by atoms with E-state index in [4.69, 9.17) is 10.3 Å². The zero-order chi connectivity index (χ0) is 21.2. The van der Waals surface area contributed by atoms with E-state index in [-0.39, 0.29) is 34.9 Å². The van der Waals surface area contributed by atoms with Gasteiger partial charge in [-0.15, -0.1) is 0 Å². The fraction of sp³-hybridized carbons (Fsp3) is 0.333. The maximum Gasteiger partial charge on any atom is 0.248 e. The highest BCUT2D eigenvalue weighted by Gasteiger charge is 2.29. The predicted molar refractivity (Wildman–Crippen MR) is 108 cm³/mol. The Morgan fingerprint density at radius 1 is 1.17 bits per heavy atom. The van der Waals surface area contributed by atoms with E-state index in [2.05, 4.69) is 25.4 Å². The van der Waals surface area contributed by atoms with E-state index < -0.39 is 10.0 Å². The summed E-state index contributed by atoms with van der Waals surface area (Å²) in [6, 6.07) is 7.76. The number of nitrogens with one attached hydrogen (secondary N) is 1. The van der Waals surface area contributed by atoms with E-state index in [9.17, 15) is 8.42 Å². The summed E-state index contributed by atoms with van der Waals surface area (Å²) in [5, 5.41) is 6.84. The first kappa shape index (κ1) is 20.7. The van der Waals surface area contributed by atoms with Crippen molar-refractivity contribution in [1.29, 1.82) is 0 Å². The fourth-order valence-electron chi connectivity index (χ4n) is 2.92. The van der Waals surface area contributed by atoms with Crippen LogP contribution in [0, 0.1) is 13.8 Å². The van der Waals surface area contributed by atoms with Gasteiger partial charge >= 0.3 is 0 Å². The number of hydrogen-bond donors (Lipinski definition) is 2. The second-order valence-electron chi connectivity index (χ2n) is 6.48. The van der Waals surface area contributed by atoms with Crippen molar-refractivity contribution >= 4 is 27.6 Å². The number of anilines is 3. The Labute approximate surface area is 169 Å². The Hall–Kier alpha value is -3.05. The average Bonchev–Trinajstić information content (AvgIpc) is 3.00. The van der Waals surface area contributed by atoms with Gasteiger partial charge in [0.1, 0.15) is 10.6 Å². The summed E-state index contributed by atoms with van der Waals surface area (Å²) >= 11 is 0. The van der Waals surface area contributed by atoms with Crippen molar-refractivity contribution in [1.82, 2.24) is 24.4 Å². The molecule has 29 heavy (non-hydrogen) atoms. The van der Waals surface area contributed by atoms with Crippen molar-refractivity contribution < 1.29 is 12.9 Å². The molecule has 3 aromatic rings. The fourth-order valence-corrected chi connectivity index (χ4v) is 4.33. The predicted octanol–water partition coefficient (Wildman–Crippen LogP) is 2.19. The summed E-state index contributed by atoms with van der Waals surface area (Å²) < 4.78 is 31.9. The van der Waals surface area contributed by atoms with Gasteiger partial charge in [-0.3, -0.25) is 0 Å². The number of para-hydroxylation sites is 1. The van der Waals surface area contributed by atoms with Crippen LogP contribution >= 0.6 is 0 Å². The molecule has 0 aliphatic rings. The van der Waals surface area contributed by atoms with E-state index >= 15 is 0 Å². The van der Waals surface area contributed by atoms with E-state index in [1.165, 1.54) is 7.05 Å². The molecule has 154 valence electrons. The Morgan fingerprint density at radius 3 is 2.55 bits per heavy atom. The van der Waals surface area contributed by atoms with Gasteiger partial charge in [0.05, 0.1) is 6.54 Å². The molecule has 0 saturated heterocycles. The molecule has 3 N–H and O–H groups in total. The summed E-state index contributed by atoms with van der Waals surface area (Å²) in [5.41, 5.74) is 8.05. The summed E-state index contributed by atoms with van der Waals surface area (Å²) in [4.78, 5) is 12.5. The van der Waals surface area contributed by atoms with Crippen LogP contribution in [0.25, 0.3) is 0 Å². The highest BCUT2D eigenvalue weighted by atomic mass is 32.2. The van der Waals surface area contributed by atoms with Crippen molar-refractivity contribution in [3.63, 3.8) is 0 Å². The van der Waals surface area contributed by atoms with Gasteiger partial charge in [0.15, 0.2) is 11.6 Å². The topological polar surface area (TPSA) is 140 Å². The van der Waals surface area contributed by atoms with Crippen LogP contribution in [0.3, 0.4) is 0 Å². The first-order chi connectivity index (χ1) is 13.7. The van der Waals surface area contributed by atoms with Gasteiger partial charge in [0.25, 0.3) is 0 Å². The molecular formula is C18H23N7O3S. The Balaban J connectivity index is 1.86. The number of sulfonamides is 1. The Bertz CT molecular complexity index is 1110. The number of aryl methyl sites for hydroxylation is 3. The van der Waals surface area contributed by atoms with Gasteiger partial charge in [0.2, 0.25) is 21.9 Å². The van der Waals surface area contributed by atoms with Crippen LogP contribution in [0.2, 0.25) is 0 Å². The standard InChI is InChI=1S/C18H23N7O3S/c1-5-13-8-6-7-9-14(13)20-18-22-15(21-17(19)23-18)10-25(4)29(26,27)16-11(2)24-28-12(16)3/h6-9H,5,10H2,1-4H3,(H3,19,20,21,22,23). The third-order valence-electron chi connectivity index (χ3n) is 4.34. The van der Waals surface area contributed by atoms with Crippen LogP contribution in [0.5, 0.6) is 0 Å². The number of nitrogen functional groups attached to an aromatic ring is 1. The molecule has 0 atom stereocenters. The lowest BCUT2D eigenvalue weighted by atomic mass is 10.1. The molecule has 2 heterocycles. The maximum atomic E-state index is 12.9. The third kappa shape index (κ3) is 4.35. The largest absolute Gasteiger partial charge is 0.368 e. The highest BCUT2D eigenvalue weighted by Crippen LogP contribution is 2.24. The smallest absolute Gasteiger partial charge is 0.248 e. The van der Waals surface area contributed by atoms with Crippen molar-refractivity contribution in [2.24, 2.45) is 0 Å². The summed E-state index contributed by atoms with van der Waals surface area (Å²) in [6.07, 6.45) is 0.828. The van der Waals surface area contributed by atoms with Gasteiger partial charge in [-0.05, 0) is 31.9 Å². The molecule has 0 bridgehead atoms. The SMILES string of the molecule is CCc1ccccc1Nc1nc(N)nc(CN(C)S(=O)(=O)c2c(C)noc2C)n1. The summed E-state index contributed by atoms with van der Waals surface area (Å²) in [5.74, 6) is 0.681. The van der Waals surface area contributed by atoms with Crippen molar-refractivity contribution in [3.8, 4) is 0 Å². The van der Waals surface area contributed by atoms with Gasteiger partial charge < -0.3 is 15.6 Å². The quantitative estimate of drug-likeness (QED) is 0.592. The van der Waals surface area contributed by atoms with Gasteiger partial charge in [-0.25, -0.2) is 8.42 Å². The average molecular weight is 417 g/mol. The van der Waals surface area contributed by atoms with E-state index in [0.29, 0.717) is 5.69 Å². The molecule has 2 aromatic heterocycles. The summed E-state index contributed by atoms with van der Waals surface area (Å²) in [6.45, 7) is 5.08. The van der Waals surface area contributed by atoms with Crippen molar-refractivity contribution in [2.45, 2.75) is 38.6 Å². The molecule has 0 radical (unpaired) electrons. The molecule has 0 aliphatic carbocycles. The molecule has 1 aromatic carbocycles. The number of benzene rings is 1. The number of nitrogens with two attached hydrogens (primary N) is 1. The molecule has 3 rings (SSSR count). The molecule has 0 fully saturated rings. The van der Waals surface area contributed by atoms with Crippen LogP contribution < -0.4 is 11.1 Å². The highest BCUT2D eigenvalue weighted by molar-refractivity contribution is 7.89. The molecule has 10 nitrogen and oxygen atoms in total. The number of rotatable bonds is 7. The van der Waals surface area contributed by atoms with E-state index in [1.54, 1.807) is 13.8 Å². The second kappa shape index (κ2) is 8.13. The van der Waals surface area contributed by atoms with Gasteiger partial charge in [-0.2, -0.15) is 19.3 Å². The monoisotopic (exact) mass is 417 g/mol. The minimum absolute atomic E-state index is 0.00498. The lowest BCUT2D eigenvalue weighted by Gasteiger charge is -2.16. The van der Waals surface area contributed by atoms with Crippen LogP contribution in [-0.4, -0.2) is 39.9 Å². The van der Waals surface area contributed by atoms with Gasteiger partial charge in [-0.1, -0.05) is 30.3 Å². The molecule has 0 saturated carbocycles. The summed E-state index contributed by atoms with van der Waals surface area (Å²) in [7, 11) is -2.40. The van der Waals surface area contributed by atoms with Crippen LogP contribution in [0.1, 0.15) is 29.8 Å². The lowest BCUT2D eigenvalue weighted by molar-refractivity contribution is 0.389. The number of aromatic nitrogens is 4. The molecule has 0 amide bonds. The van der Waals surface area contributed by atoms with Crippen LogP contribution in [0.15, 0.2) is 33.7 Å². The third-order valence-corrected chi connectivity index (χ3v) is 6.39. The van der Waals surface area contributed by atoms with Crippen molar-refractivity contribution in [2.75, 3.05) is 18.1 Å². The van der Waals surface area contributed by atoms with E-state index in [1.807, 2.05) is 31.2 Å². The molecule has 0 spiro atoms. The minimum Gasteiger partial charge on any atom is -0.368 e. The Morgan fingerprint density at radius 2 is 1.90 bits per heavy atom. The minimum atomic E-state index is -3.83. The van der Waals surface area contributed by atoms with E-state index in [0.717, 1.165) is 22.0 Å². The number of hydrogen-bond acceptors (Lipinski definition) is 9. The molecule has 11 heteroatoms. The normalized spacial score (nSPS) is 11.8. The maximum absolute atomic E-state index is 12.9. The molecule has 0 aliphatic heterocycles. The molecule has 0 unspecified atom stereocenters. The van der Waals surface area contributed by atoms with Crippen LogP contribution in [-0.2, 0) is 23.0 Å². The van der Waals surface area contributed by atoms with Crippen molar-refractivity contribution in [3.05, 3.63) is 47.1 Å². The lowest BCUT2D eigenvalue weighted by Crippen LogP contribution is -2.28. The Kier molecular flexibility index (Phi) is 5.80. The zero-order valence-corrected chi connectivity index (χ0v) is 17.5. The number of nitrogens with zero attached hydrogens (tertiary/aromatic N) is 5. The van der Waals surface area contributed by atoms with Crippen LogP contribution in [0.4, 0.5) is 17.6 Å². The van der Waals surface area contributed by atoms with Gasteiger partial charge in [0, 0.05) is 12.7 Å². The zero-order valence-electron chi connectivity index (χ0n) is 16.7. The first-order valence-corrected chi connectivity index (χ1v) is 10.4. The second-order valence-corrected chi connectivity index (χ2v) is 8.47. The first-order valence-electron chi connectivity index (χ1n) is 8.97. The molecular weight excluding hydrogens is 394 g/mol.